The number of aryl methyl sites for hydroxylation is 1. The maximum Gasteiger partial charge on any atom is 0.256 e. The molecule has 2 rings (SSSR count). The Morgan fingerprint density at radius 3 is 2.35 bits per heavy atom. The summed E-state index contributed by atoms with van der Waals surface area (Å²) in [6.45, 7) is 5.92. The number of aromatic nitrogens is 5. The van der Waals surface area contributed by atoms with E-state index in [1.165, 1.54) is 0 Å². The molecule has 6 nitrogen and oxygen atoms in total. The number of anilines is 1. The van der Waals surface area contributed by atoms with Crippen molar-refractivity contribution in [2.45, 2.75) is 20.8 Å². The Morgan fingerprint density at radius 2 is 1.82 bits per heavy atom. The minimum Gasteiger partial charge on any atom is -0.357 e. The van der Waals surface area contributed by atoms with Gasteiger partial charge in [-0.05, 0) is 37.9 Å². The van der Waals surface area contributed by atoms with Gasteiger partial charge in [0.05, 0.1) is 5.69 Å². The van der Waals surface area contributed by atoms with E-state index in [1.54, 1.807) is 11.7 Å². The fourth-order valence-corrected chi connectivity index (χ4v) is 1.62. The number of nitrogens with zero attached hydrogens (tertiary/aromatic N) is 5. The monoisotopic (exact) mass is 252 g/mol. The second kappa shape index (κ2) is 4.29. The molecule has 0 saturated heterocycles. The predicted molar refractivity (Wildman–Crippen MR) is 65.7 cm³/mol. The zero-order valence-corrected chi connectivity index (χ0v) is 10.9. The first-order valence-corrected chi connectivity index (χ1v) is 5.53. The van der Waals surface area contributed by atoms with Gasteiger partial charge in [0.25, 0.3) is 5.95 Å². The Balaban J connectivity index is 2.59. The third-order valence-electron chi connectivity index (χ3n) is 2.66. The molecule has 2 heterocycles. The summed E-state index contributed by atoms with van der Waals surface area (Å²) in [4.78, 5) is 12.2. The van der Waals surface area contributed by atoms with E-state index in [1.807, 2.05) is 20.8 Å². The van der Waals surface area contributed by atoms with Gasteiger partial charge in [0.15, 0.2) is 0 Å². The van der Waals surface area contributed by atoms with Gasteiger partial charge in [0, 0.05) is 12.7 Å². The van der Waals surface area contributed by atoms with Crippen LogP contribution >= 0.6 is 11.6 Å². The van der Waals surface area contributed by atoms with Crippen molar-refractivity contribution in [1.29, 1.82) is 0 Å². The normalized spacial score (nSPS) is 10.6. The van der Waals surface area contributed by atoms with Crippen LogP contribution in [0.25, 0.3) is 5.95 Å². The third kappa shape index (κ3) is 2.08. The molecule has 2 aromatic heterocycles. The molecular weight excluding hydrogens is 240 g/mol. The van der Waals surface area contributed by atoms with Gasteiger partial charge in [-0.25, -0.2) is 4.68 Å². The van der Waals surface area contributed by atoms with Crippen LogP contribution in [0.5, 0.6) is 0 Å². The largest absolute Gasteiger partial charge is 0.357 e. The first kappa shape index (κ1) is 11.8. The molecule has 0 bridgehead atoms. The average molecular weight is 253 g/mol. The Hall–Kier alpha value is -1.69. The summed E-state index contributed by atoms with van der Waals surface area (Å²) in [5, 5.41) is 7.35. The number of halogens is 1. The summed E-state index contributed by atoms with van der Waals surface area (Å²) in [5.74, 6) is 0.841. The molecule has 0 atom stereocenters. The molecule has 0 aromatic carbocycles. The summed E-state index contributed by atoms with van der Waals surface area (Å²) in [5.41, 5.74) is 3.06. The van der Waals surface area contributed by atoms with Gasteiger partial charge >= 0.3 is 0 Å². The lowest BCUT2D eigenvalue weighted by molar-refractivity contribution is 0.765. The Kier molecular flexibility index (Phi) is 2.97. The van der Waals surface area contributed by atoms with E-state index in [2.05, 4.69) is 25.4 Å². The highest BCUT2D eigenvalue weighted by molar-refractivity contribution is 6.28. The van der Waals surface area contributed by atoms with Crippen LogP contribution in [0.4, 0.5) is 5.95 Å². The van der Waals surface area contributed by atoms with E-state index in [0.717, 1.165) is 17.0 Å². The summed E-state index contributed by atoms with van der Waals surface area (Å²) >= 11 is 5.83. The maximum absolute atomic E-state index is 5.83. The van der Waals surface area contributed by atoms with Crippen LogP contribution in [0.3, 0.4) is 0 Å². The van der Waals surface area contributed by atoms with Crippen molar-refractivity contribution in [3.8, 4) is 5.95 Å². The van der Waals surface area contributed by atoms with Gasteiger partial charge in [0.1, 0.15) is 0 Å². The minimum atomic E-state index is 0.143. The highest BCUT2D eigenvalue weighted by atomic mass is 35.5. The SMILES string of the molecule is CNc1nc(Cl)nc(-n2nc(C)c(C)c2C)n1. The molecule has 0 aliphatic heterocycles. The summed E-state index contributed by atoms with van der Waals surface area (Å²) in [7, 11) is 1.72. The van der Waals surface area contributed by atoms with E-state index in [9.17, 15) is 0 Å². The Morgan fingerprint density at radius 1 is 1.12 bits per heavy atom. The standard InChI is InChI=1S/C10H13ClN6/c1-5-6(2)16-17(7(5)3)10-14-8(11)13-9(12-4)15-10/h1-4H3,(H,12,13,14,15). The molecule has 0 aliphatic carbocycles. The third-order valence-corrected chi connectivity index (χ3v) is 2.83. The Labute approximate surface area is 104 Å². The molecule has 0 fully saturated rings. The number of nitrogens with one attached hydrogen (secondary N) is 1. The number of hydrogen-bond acceptors (Lipinski definition) is 5. The van der Waals surface area contributed by atoms with Crippen molar-refractivity contribution in [3.63, 3.8) is 0 Å². The molecule has 17 heavy (non-hydrogen) atoms. The molecule has 0 unspecified atom stereocenters. The van der Waals surface area contributed by atoms with Crippen molar-refractivity contribution in [3.05, 3.63) is 22.2 Å². The van der Waals surface area contributed by atoms with Crippen molar-refractivity contribution in [2.75, 3.05) is 12.4 Å². The lowest BCUT2D eigenvalue weighted by atomic mass is 10.2. The van der Waals surface area contributed by atoms with Gasteiger partial charge in [-0.1, -0.05) is 0 Å². The summed E-state index contributed by atoms with van der Waals surface area (Å²) in [6, 6.07) is 0. The van der Waals surface area contributed by atoms with E-state index in [4.69, 9.17) is 11.6 Å². The fourth-order valence-electron chi connectivity index (χ4n) is 1.46. The average Bonchev–Trinajstić information content (AvgIpc) is 2.56. The highest BCUT2D eigenvalue weighted by Crippen LogP contribution is 2.16. The number of hydrogen-bond donors (Lipinski definition) is 1. The van der Waals surface area contributed by atoms with Crippen molar-refractivity contribution >= 4 is 17.5 Å². The van der Waals surface area contributed by atoms with Crippen LogP contribution < -0.4 is 5.32 Å². The molecule has 0 amide bonds. The van der Waals surface area contributed by atoms with Crippen LogP contribution in [-0.4, -0.2) is 31.8 Å². The number of rotatable bonds is 2. The molecule has 90 valence electrons. The fraction of sp³-hybridized carbons (Fsp3) is 0.400. The van der Waals surface area contributed by atoms with E-state index >= 15 is 0 Å². The van der Waals surface area contributed by atoms with Gasteiger partial charge in [-0.15, -0.1) is 0 Å². The molecule has 0 aliphatic rings. The van der Waals surface area contributed by atoms with Crippen LogP contribution in [0.2, 0.25) is 5.28 Å². The lowest BCUT2D eigenvalue weighted by Gasteiger charge is -2.04. The summed E-state index contributed by atoms with van der Waals surface area (Å²) < 4.78 is 1.67. The topological polar surface area (TPSA) is 68.5 Å². The van der Waals surface area contributed by atoms with Crippen molar-refractivity contribution in [1.82, 2.24) is 24.7 Å². The molecule has 0 spiro atoms. The zero-order chi connectivity index (χ0) is 12.6. The van der Waals surface area contributed by atoms with E-state index in [0.29, 0.717) is 11.9 Å². The first-order valence-electron chi connectivity index (χ1n) is 5.15. The highest BCUT2D eigenvalue weighted by Gasteiger charge is 2.13. The second-order valence-electron chi connectivity index (χ2n) is 3.69. The second-order valence-corrected chi connectivity index (χ2v) is 4.02. The van der Waals surface area contributed by atoms with Gasteiger partial charge in [-0.3, -0.25) is 0 Å². The van der Waals surface area contributed by atoms with Crippen LogP contribution in [0, 0.1) is 20.8 Å². The van der Waals surface area contributed by atoms with Crippen LogP contribution in [0.1, 0.15) is 17.0 Å². The van der Waals surface area contributed by atoms with E-state index in [-0.39, 0.29) is 5.28 Å². The molecule has 0 saturated carbocycles. The van der Waals surface area contributed by atoms with Gasteiger partial charge in [-0.2, -0.15) is 20.1 Å². The molecular formula is C10H13ClN6. The van der Waals surface area contributed by atoms with Crippen LogP contribution in [-0.2, 0) is 0 Å². The van der Waals surface area contributed by atoms with Crippen molar-refractivity contribution in [2.24, 2.45) is 0 Å². The van der Waals surface area contributed by atoms with E-state index < -0.39 is 0 Å². The lowest BCUT2D eigenvalue weighted by Crippen LogP contribution is -2.09. The first-order chi connectivity index (χ1) is 8.02. The quantitative estimate of drug-likeness (QED) is 0.881. The van der Waals surface area contributed by atoms with Gasteiger partial charge in [0.2, 0.25) is 11.2 Å². The van der Waals surface area contributed by atoms with Gasteiger partial charge < -0.3 is 5.32 Å². The molecule has 7 heteroatoms. The van der Waals surface area contributed by atoms with Crippen LogP contribution in [0.15, 0.2) is 0 Å². The van der Waals surface area contributed by atoms with Crippen molar-refractivity contribution < 1.29 is 0 Å². The smallest absolute Gasteiger partial charge is 0.256 e. The Bertz CT molecular complexity index is 562. The predicted octanol–water partition coefficient (Wildman–Crippen LogP) is 1.68. The zero-order valence-electron chi connectivity index (χ0n) is 10.1. The molecule has 1 N–H and O–H groups in total. The molecule has 2 aromatic rings. The molecule has 0 radical (unpaired) electrons. The maximum atomic E-state index is 5.83. The minimum absolute atomic E-state index is 0.143. The summed E-state index contributed by atoms with van der Waals surface area (Å²) in [6.07, 6.45) is 0.